The lowest BCUT2D eigenvalue weighted by molar-refractivity contribution is -0.133. The fourth-order valence-corrected chi connectivity index (χ4v) is 6.76. The van der Waals surface area contributed by atoms with E-state index in [9.17, 15) is 14.0 Å². The molecular formula is C21H26FNO2. The third-order valence-electron chi connectivity index (χ3n) is 7.96. The molecule has 4 aliphatic carbocycles. The van der Waals surface area contributed by atoms with Crippen LogP contribution in [0.25, 0.3) is 0 Å². The van der Waals surface area contributed by atoms with Gasteiger partial charge in [0, 0.05) is 36.1 Å². The Morgan fingerprint density at radius 3 is 2.80 bits per heavy atom. The van der Waals surface area contributed by atoms with Gasteiger partial charge in [0.2, 0.25) is 0 Å². The minimum atomic E-state index is -0.275. The Hall–Kier alpha value is -1.47. The van der Waals surface area contributed by atoms with Gasteiger partial charge < -0.3 is 5.73 Å². The smallest absolute Gasteiger partial charge is 0.155 e. The minimum absolute atomic E-state index is 0.129. The first-order valence-corrected chi connectivity index (χ1v) is 9.54. The molecule has 3 fully saturated rings. The molecule has 4 rings (SSSR count). The van der Waals surface area contributed by atoms with Gasteiger partial charge >= 0.3 is 0 Å². The van der Waals surface area contributed by atoms with Crippen LogP contribution < -0.4 is 5.73 Å². The standard InChI is InChI=1S/C21H26FNO2/c1-20-8-6-16-14(15(20)3-4-19(20)25)12-18(23)17-11-13(24)5-9-21(16,17)7-2-10-22/h11,14-16,18H,3-9,12,23H2,1H3/t14-,15-,16-,18-,20-,21+/m0/s1. The lowest BCUT2D eigenvalue weighted by atomic mass is 9.45. The topological polar surface area (TPSA) is 60.2 Å². The predicted octanol–water partition coefficient (Wildman–Crippen LogP) is 3.33. The van der Waals surface area contributed by atoms with E-state index in [4.69, 9.17) is 5.73 Å². The highest BCUT2D eigenvalue weighted by Crippen LogP contribution is 2.65. The Bertz CT molecular complexity index is 717. The van der Waals surface area contributed by atoms with Crippen molar-refractivity contribution in [2.24, 2.45) is 34.3 Å². The lowest BCUT2D eigenvalue weighted by Gasteiger charge is -2.59. The maximum atomic E-state index is 12.7. The third kappa shape index (κ3) is 2.28. The van der Waals surface area contributed by atoms with E-state index in [0.717, 1.165) is 37.7 Å². The van der Waals surface area contributed by atoms with Gasteiger partial charge in [0.05, 0.1) is 0 Å². The van der Waals surface area contributed by atoms with Crippen LogP contribution in [0.5, 0.6) is 0 Å². The molecule has 0 aromatic heterocycles. The summed E-state index contributed by atoms with van der Waals surface area (Å²) in [5.41, 5.74) is 7.05. The lowest BCUT2D eigenvalue weighted by Crippen LogP contribution is -2.56. The van der Waals surface area contributed by atoms with Gasteiger partial charge in [-0.1, -0.05) is 12.8 Å². The molecule has 0 saturated heterocycles. The van der Waals surface area contributed by atoms with Crippen LogP contribution in [0, 0.1) is 40.7 Å². The first-order chi connectivity index (χ1) is 11.9. The van der Waals surface area contributed by atoms with Crippen LogP contribution in [0.4, 0.5) is 4.39 Å². The predicted molar refractivity (Wildman–Crippen MR) is 92.9 cm³/mol. The summed E-state index contributed by atoms with van der Waals surface area (Å²) in [6.07, 6.45) is 9.28. The van der Waals surface area contributed by atoms with Gasteiger partial charge in [-0.15, -0.1) is 4.39 Å². The summed E-state index contributed by atoms with van der Waals surface area (Å²) >= 11 is 0. The zero-order valence-corrected chi connectivity index (χ0v) is 14.8. The van der Waals surface area contributed by atoms with E-state index >= 15 is 0 Å². The Morgan fingerprint density at radius 1 is 1.24 bits per heavy atom. The van der Waals surface area contributed by atoms with Crippen molar-refractivity contribution < 1.29 is 14.0 Å². The van der Waals surface area contributed by atoms with Crippen LogP contribution >= 0.6 is 0 Å². The van der Waals surface area contributed by atoms with Gasteiger partial charge in [-0.2, -0.15) is 0 Å². The molecule has 4 heteroatoms. The molecule has 0 unspecified atom stereocenters. The summed E-state index contributed by atoms with van der Waals surface area (Å²) in [7, 11) is 0. The fourth-order valence-electron chi connectivity index (χ4n) is 6.76. The second-order valence-electron chi connectivity index (χ2n) is 8.81. The number of carbonyl (C=O) groups is 2. The number of rotatable bonds is 1. The molecule has 0 aromatic rings. The molecular weight excluding hydrogens is 317 g/mol. The Labute approximate surface area is 148 Å². The molecule has 4 aliphatic rings. The van der Waals surface area contributed by atoms with Crippen LogP contribution in [0.3, 0.4) is 0 Å². The molecule has 0 spiro atoms. The van der Waals surface area contributed by atoms with Crippen molar-refractivity contribution in [3.8, 4) is 12.1 Å². The maximum absolute atomic E-state index is 12.7. The van der Waals surface area contributed by atoms with Crippen molar-refractivity contribution in [1.29, 1.82) is 0 Å². The Morgan fingerprint density at radius 2 is 2.04 bits per heavy atom. The van der Waals surface area contributed by atoms with Gasteiger partial charge in [0.25, 0.3) is 0 Å². The molecule has 0 amide bonds. The molecule has 6 atom stereocenters. The van der Waals surface area contributed by atoms with E-state index in [1.54, 1.807) is 12.3 Å². The van der Waals surface area contributed by atoms with E-state index in [-0.39, 0.29) is 22.7 Å². The van der Waals surface area contributed by atoms with E-state index in [2.05, 4.69) is 12.8 Å². The molecule has 2 N–H and O–H groups in total. The van der Waals surface area contributed by atoms with Crippen molar-refractivity contribution in [2.75, 3.05) is 0 Å². The van der Waals surface area contributed by atoms with E-state index in [0.29, 0.717) is 42.8 Å². The Balaban J connectivity index is 1.78. The summed E-state index contributed by atoms with van der Waals surface area (Å²) in [6, 6.07) is -0.176. The van der Waals surface area contributed by atoms with E-state index in [1.165, 1.54) is 0 Å². The molecule has 3 saturated carbocycles. The summed E-state index contributed by atoms with van der Waals surface area (Å²) in [6.45, 7) is 2.14. The van der Waals surface area contributed by atoms with Crippen molar-refractivity contribution >= 4 is 11.6 Å². The summed E-state index contributed by atoms with van der Waals surface area (Å²) in [4.78, 5) is 24.5. The van der Waals surface area contributed by atoms with Crippen LogP contribution in [0.15, 0.2) is 11.6 Å². The molecule has 0 aliphatic heterocycles. The van der Waals surface area contributed by atoms with Crippen molar-refractivity contribution in [3.63, 3.8) is 0 Å². The van der Waals surface area contributed by atoms with E-state index < -0.39 is 0 Å². The summed E-state index contributed by atoms with van der Waals surface area (Å²) < 4.78 is 12.7. The highest BCUT2D eigenvalue weighted by atomic mass is 19.1. The number of Topliss-reactive ketones (excluding diaryl/α,β-unsaturated/α-hetero) is 1. The fraction of sp³-hybridized carbons (Fsp3) is 0.714. The number of hydrogen-bond acceptors (Lipinski definition) is 3. The second kappa shape index (κ2) is 5.77. The van der Waals surface area contributed by atoms with Gasteiger partial charge in [0.15, 0.2) is 5.78 Å². The van der Waals surface area contributed by atoms with Crippen LogP contribution in [0.2, 0.25) is 0 Å². The van der Waals surface area contributed by atoms with E-state index in [1.807, 2.05) is 0 Å². The monoisotopic (exact) mass is 343 g/mol. The number of nitrogens with two attached hydrogens (primary N) is 1. The third-order valence-corrected chi connectivity index (χ3v) is 7.96. The first kappa shape index (κ1) is 17.0. The van der Waals surface area contributed by atoms with Crippen LogP contribution in [0.1, 0.15) is 58.3 Å². The molecule has 3 nitrogen and oxygen atoms in total. The highest BCUT2D eigenvalue weighted by molar-refractivity contribution is 5.92. The quantitative estimate of drug-likeness (QED) is 0.743. The molecule has 0 heterocycles. The van der Waals surface area contributed by atoms with Gasteiger partial charge in [-0.25, -0.2) is 0 Å². The highest BCUT2D eigenvalue weighted by Gasteiger charge is 2.61. The van der Waals surface area contributed by atoms with Crippen LogP contribution in [-0.4, -0.2) is 17.6 Å². The maximum Gasteiger partial charge on any atom is 0.155 e. The molecule has 25 heavy (non-hydrogen) atoms. The van der Waals surface area contributed by atoms with Gasteiger partial charge in [-0.3, -0.25) is 9.59 Å². The molecule has 0 bridgehead atoms. The largest absolute Gasteiger partial charge is 0.324 e. The summed E-state index contributed by atoms with van der Waals surface area (Å²) in [5, 5.41) is 0. The molecule has 134 valence electrons. The van der Waals surface area contributed by atoms with Gasteiger partial charge in [-0.05, 0) is 61.5 Å². The zero-order chi connectivity index (χ0) is 17.8. The summed E-state index contributed by atoms with van der Waals surface area (Å²) in [5.74, 6) is 4.31. The normalized spacial score (nSPS) is 45.6. The van der Waals surface area contributed by atoms with Crippen molar-refractivity contribution in [2.45, 2.75) is 64.3 Å². The number of ketones is 2. The minimum Gasteiger partial charge on any atom is -0.324 e. The van der Waals surface area contributed by atoms with Crippen molar-refractivity contribution in [3.05, 3.63) is 11.6 Å². The zero-order valence-electron chi connectivity index (χ0n) is 14.8. The number of halogens is 1. The first-order valence-electron chi connectivity index (χ1n) is 9.54. The van der Waals surface area contributed by atoms with Crippen molar-refractivity contribution in [1.82, 2.24) is 0 Å². The second-order valence-corrected chi connectivity index (χ2v) is 8.81. The van der Waals surface area contributed by atoms with Gasteiger partial charge in [0.1, 0.15) is 12.0 Å². The molecule has 0 radical (unpaired) electrons. The van der Waals surface area contributed by atoms with Crippen LogP contribution in [-0.2, 0) is 9.59 Å². The number of carbonyl (C=O) groups excluding carboxylic acids is 2. The number of hydrogen-bond donors (Lipinski definition) is 1. The molecule has 0 aromatic carbocycles. The SMILES string of the molecule is C[C@]12CC[C@H]3[C@@H](C[C@H](N)C4=CC(=O)CC[C@@]43CC#CF)[C@@H]1CCC2=O. The average molecular weight is 343 g/mol. The average Bonchev–Trinajstić information content (AvgIpc) is 2.90. The Kier molecular flexibility index (Phi) is 3.92. The number of fused-ring (bicyclic) bond motifs is 5.